The number of carbonyl (C=O) groups excluding carboxylic acids is 1. The Morgan fingerprint density at radius 2 is 1.77 bits per heavy atom. The van der Waals surface area contributed by atoms with Gasteiger partial charge in [0.05, 0.1) is 4.90 Å². The van der Waals surface area contributed by atoms with E-state index in [4.69, 9.17) is 4.74 Å². The minimum absolute atomic E-state index is 0.00663. The molecular formula is C21H19F2N3O4S. The Morgan fingerprint density at radius 3 is 2.35 bits per heavy atom. The summed E-state index contributed by atoms with van der Waals surface area (Å²) in [4.78, 5) is 21.3. The molecule has 0 spiro atoms. The van der Waals surface area contributed by atoms with Crippen LogP contribution < -0.4 is 10.1 Å². The van der Waals surface area contributed by atoms with Crippen LogP contribution in [-0.2, 0) is 20.2 Å². The highest BCUT2D eigenvalue weighted by atomic mass is 32.2. The van der Waals surface area contributed by atoms with Crippen LogP contribution in [0.1, 0.15) is 18.2 Å². The van der Waals surface area contributed by atoms with Gasteiger partial charge in [-0.15, -0.1) is 0 Å². The monoisotopic (exact) mass is 447 g/mol. The van der Waals surface area contributed by atoms with Crippen molar-refractivity contribution >= 4 is 21.7 Å². The number of carbonyl (C=O) groups is 1. The maximum Gasteiger partial charge on any atom is 0.275 e. The average molecular weight is 447 g/mol. The molecule has 0 radical (unpaired) electrons. The van der Waals surface area contributed by atoms with Crippen LogP contribution in [0.2, 0.25) is 0 Å². The van der Waals surface area contributed by atoms with Gasteiger partial charge in [-0.3, -0.25) is 10.1 Å². The van der Waals surface area contributed by atoms with Crippen LogP contribution in [0.5, 0.6) is 5.75 Å². The van der Waals surface area contributed by atoms with Crippen LogP contribution in [0.15, 0.2) is 59.6 Å². The van der Waals surface area contributed by atoms with Crippen molar-refractivity contribution < 1.29 is 26.7 Å². The van der Waals surface area contributed by atoms with E-state index < -0.39 is 33.0 Å². The molecule has 1 N–H and O–H groups in total. The minimum Gasteiger partial charge on any atom is -0.470 e. The molecule has 1 atom stereocenters. The van der Waals surface area contributed by atoms with Gasteiger partial charge in [0.1, 0.15) is 5.82 Å². The molecule has 0 saturated heterocycles. The molecule has 162 valence electrons. The van der Waals surface area contributed by atoms with E-state index in [0.29, 0.717) is 11.8 Å². The molecule has 3 aromatic rings. The lowest BCUT2D eigenvalue weighted by molar-refractivity contribution is -0.130. The highest BCUT2D eigenvalue weighted by Crippen LogP contribution is 2.32. The first kappa shape index (κ1) is 22.3. The Labute approximate surface area is 178 Å². The van der Waals surface area contributed by atoms with Crippen molar-refractivity contribution in [2.24, 2.45) is 0 Å². The number of nitrogens with zero attached hydrogens (tertiary/aromatic N) is 2. The van der Waals surface area contributed by atoms with Crippen LogP contribution >= 0.6 is 0 Å². The first-order valence-electron chi connectivity index (χ1n) is 9.05. The third-order valence-corrected chi connectivity index (χ3v) is 5.62. The van der Waals surface area contributed by atoms with Crippen molar-refractivity contribution in [3.63, 3.8) is 0 Å². The number of rotatable bonds is 6. The summed E-state index contributed by atoms with van der Waals surface area (Å²) in [6.45, 7) is 3.08. The molecule has 0 fully saturated rings. The van der Waals surface area contributed by atoms with Gasteiger partial charge in [0.25, 0.3) is 5.91 Å². The quantitative estimate of drug-likeness (QED) is 0.622. The summed E-state index contributed by atoms with van der Waals surface area (Å²) in [5.41, 5.74) is -0.995. The molecule has 2 aromatic carbocycles. The van der Waals surface area contributed by atoms with E-state index >= 15 is 0 Å². The lowest BCUT2D eigenvalue weighted by Gasteiger charge is -2.30. The number of benzene rings is 2. The van der Waals surface area contributed by atoms with E-state index in [1.165, 1.54) is 37.4 Å². The summed E-state index contributed by atoms with van der Waals surface area (Å²) in [6, 6.07) is 9.71. The SMILES string of the molecule is Cc1ccnc(NC(=O)C(C)(Oc2ccc(F)cc2F)c2ccc(S(C)(=O)=O)cc2)n1. The molecule has 1 aromatic heterocycles. The summed E-state index contributed by atoms with van der Waals surface area (Å²) >= 11 is 0. The topological polar surface area (TPSA) is 98.2 Å². The Bertz CT molecular complexity index is 1230. The fourth-order valence-electron chi connectivity index (χ4n) is 2.76. The highest BCUT2D eigenvalue weighted by Gasteiger charge is 2.39. The lowest BCUT2D eigenvalue weighted by Crippen LogP contribution is -2.43. The Kier molecular flexibility index (Phi) is 6.03. The fraction of sp³-hybridized carbons (Fsp3) is 0.190. The average Bonchev–Trinajstić information content (AvgIpc) is 2.69. The van der Waals surface area contributed by atoms with Gasteiger partial charge in [-0.05, 0) is 44.2 Å². The Balaban J connectivity index is 2.04. The number of anilines is 1. The number of halogens is 2. The normalized spacial score (nSPS) is 13.3. The zero-order valence-corrected chi connectivity index (χ0v) is 17.7. The van der Waals surface area contributed by atoms with Crippen LogP contribution in [0, 0.1) is 18.6 Å². The molecule has 0 aliphatic carbocycles. The summed E-state index contributed by atoms with van der Waals surface area (Å²) in [5, 5.41) is 2.52. The van der Waals surface area contributed by atoms with Gasteiger partial charge < -0.3 is 4.74 Å². The molecule has 0 aliphatic rings. The van der Waals surface area contributed by atoms with E-state index in [9.17, 15) is 22.0 Å². The fourth-order valence-corrected chi connectivity index (χ4v) is 3.39. The molecule has 31 heavy (non-hydrogen) atoms. The second-order valence-corrected chi connectivity index (χ2v) is 9.00. The smallest absolute Gasteiger partial charge is 0.275 e. The second-order valence-electron chi connectivity index (χ2n) is 6.98. The van der Waals surface area contributed by atoms with E-state index in [1.54, 1.807) is 13.0 Å². The zero-order chi connectivity index (χ0) is 22.8. The first-order chi connectivity index (χ1) is 14.5. The minimum atomic E-state index is -3.47. The molecule has 1 unspecified atom stereocenters. The van der Waals surface area contributed by atoms with Crippen molar-refractivity contribution in [3.8, 4) is 5.75 Å². The predicted octanol–water partition coefficient (Wildman–Crippen LogP) is 3.40. The van der Waals surface area contributed by atoms with Crippen LogP contribution in [0.4, 0.5) is 14.7 Å². The number of ether oxygens (including phenoxy) is 1. The Hall–Kier alpha value is -3.40. The van der Waals surface area contributed by atoms with Gasteiger partial charge in [0.2, 0.25) is 11.5 Å². The van der Waals surface area contributed by atoms with Gasteiger partial charge in [-0.25, -0.2) is 27.2 Å². The molecular weight excluding hydrogens is 428 g/mol. The number of aryl methyl sites for hydroxylation is 1. The molecule has 1 amide bonds. The van der Waals surface area contributed by atoms with Crippen molar-refractivity contribution in [2.75, 3.05) is 11.6 Å². The first-order valence-corrected chi connectivity index (χ1v) is 10.9. The number of amides is 1. The maximum absolute atomic E-state index is 14.3. The molecule has 0 saturated carbocycles. The largest absolute Gasteiger partial charge is 0.470 e. The number of sulfone groups is 1. The summed E-state index contributed by atoms with van der Waals surface area (Å²) in [6.07, 6.45) is 2.50. The third kappa shape index (κ3) is 5.02. The maximum atomic E-state index is 14.3. The van der Waals surface area contributed by atoms with E-state index in [2.05, 4.69) is 15.3 Å². The molecule has 0 aliphatic heterocycles. The van der Waals surface area contributed by atoms with Crippen molar-refractivity contribution in [3.05, 3.63) is 77.6 Å². The molecule has 7 nitrogen and oxygen atoms in total. The van der Waals surface area contributed by atoms with Crippen molar-refractivity contribution in [1.29, 1.82) is 0 Å². The predicted molar refractivity (Wildman–Crippen MR) is 109 cm³/mol. The lowest BCUT2D eigenvalue weighted by atomic mass is 9.94. The van der Waals surface area contributed by atoms with E-state index in [0.717, 1.165) is 18.4 Å². The number of nitrogens with one attached hydrogen (secondary N) is 1. The van der Waals surface area contributed by atoms with Crippen molar-refractivity contribution in [2.45, 2.75) is 24.3 Å². The summed E-state index contributed by atoms with van der Waals surface area (Å²) < 4.78 is 56.8. The third-order valence-electron chi connectivity index (χ3n) is 4.49. The van der Waals surface area contributed by atoms with Gasteiger partial charge >= 0.3 is 0 Å². The molecule has 1 heterocycles. The van der Waals surface area contributed by atoms with Crippen LogP contribution in [-0.4, -0.2) is 30.5 Å². The summed E-state index contributed by atoms with van der Waals surface area (Å²) in [5.74, 6) is -2.90. The number of hydrogen-bond donors (Lipinski definition) is 1. The Morgan fingerprint density at radius 1 is 1.10 bits per heavy atom. The van der Waals surface area contributed by atoms with Crippen molar-refractivity contribution in [1.82, 2.24) is 9.97 Å². The molecule has 3 rings (SSSR count). The van der Waals surface area contributed by atoms with Gasteiger partial charge in [0, 0.05) is 29.8 Å². The van der Waals surface area contributed by atoms with E-state index in [1.807, 2.05) is 0 Å². The standard InChI is InChI=1S/C21H19F2N3O4S/c1-13-10-11-24-20(25-13)26-19(27)21(2,30-18-9-6-15(22)12-17(18)23)14-4-7-16(8-5-14)31(3,28)29/h4-12H,1-3H3,(H,24,25,26,27). The molecule has 0 bridgehead atoms. The highest BCUT2D eigenvalue weighted by molar-refractivity contribution is 7.90. The molecule has 10 heteroatoms. The second kappa shape index (κ2) is 8.38. The summed E-state index contributed by atoms with van der Waals surface area (Å²) in [7, 11) is -3.47. The van der Waals surface area contributed by atoms with Crippen LogP contribution in [0.3, 0.4) is 0 Å². The zero-order valence-electron chi connectivity index (χ0n) is 16.9. The van der Waals surface area contributed by atoms with E-state index in [-0.39, 0.29) is 22.2 Å². The van der Waals surface area contributed by atoms with Gasteiger partial charge in [-0.2, -0.15) is 0 Å². The van der Waals surface area contributed by atoms with Gasteiger partial charge in [-0.1, -0.05) is 12.1 Å². The number of aromatic nitrogens is 2. The van der Waals surface area contributed by atoms with Crippen LogP contribution in [0.25, 0.3) is 0 Å². The van der Waals surface area contributed by atoms with Gasteiger partial charge in [0.15, 0.2) is 21.4 Å². The number of hydrogen-bond acceptors (Lipinski definition) is 6.